The van der Waals surface area contributed by atoms with Gasteiger partial charge in [0.1, 0.15) is 0 Å². The van der Waals surface area contributed by atoms with Gasteiger partial charge < -0.3 is 10.1 Å². The zero-order chi connectivity index (χ0) is 8.86. The lowest BCUT2D eigenvalue weighted by molar-refractivity contribution is -0.0989. The van der Waals surface area contributed by atoms with Crippen LogP contribution in [-0.2, 0) is 4.74 Å². The van der Waals surface area contributed by atoms with E-state index in [2.05, 4.69) is 19.2 Å². The minimum absolute atomic E-state index is 0.437. The third-order valence-electron chi connectivity index (χ3n) is 2.41. The summed E-state index contributed by atoms with van der Waals surface area (Å²) < 4.78 is 5.18. The first-order valence-electron chi connectivity index (χ1n) is 5.05. The van der Waals surface area contributed by atoms with Crippen molar-refractivity contribution in [2.45, 2.75) is 33.1 Å². The van der Waals surface area contributed by atoms with Crippen LogP contribution < -0.4 is 5.32 Å². The summed E-state index contributed by atoms with van der Waals surface area (Å²) in [7, 11) is 0. The normalized spacial score (nSPS) is 20.5. The highest BCUT2D eigenvalue weighted by Gasteiger charge is 2.32. The lowest BCUT2D eigenvalue weighted by atomic mass is 9.89. The van der Waals surface area contributed by atoms with E-state index in [1.165, 1.54) is 25.8 Å². The van der Waals surface area contributed by atoms with Crippen molar-refractivity contribution in [1.29, 1.82) is 0 Å². The van der Waals surface area contributed by atoms with Gasteiger partial charge in [0.15, 0.2) is 0 Å². The number of ether oxygens (including phenoxy) is 1. The molecule has 72 valence electrons. The molecule has 0 saturated carbocycles. The number of unbranched alkanes of at least 4 members (excludes halogenated alkanes) is 2. The van der Waals surface area contributed by atoms with Gasteiger partial charge in [0.05, 0.1) is 13.2 Å². The van der Waals surface area contributed by atoms with E-state index in [-0.39, 0.29) is 0 Å². The lowest BCUT2D eigenvalue weighted by Crippen LogP contribution is -2.47. The smallest absolute Gasteiger partial charge is 0.0554 e. The van der Waals surface area contributed by atoms with Crippen molar-refractivity contribution < 1.29 is 4.74 Å². The Labute approximate surface area is 75.7 Å². The highest BCUT2D eigenvalue weighted by Crippen LogP contribution is 2.24. The van der Waals surface area contributed by atoms with E-state index in [4.69, 9.17) is 4.74 Å². The standard InChI is InChI=1S/C10H21NO/c1-3-4-5-6-11-7-10(2)8-12-9-10/h11H,3-9H2,1-2H3. The highest BCUT2D eigenvalue weighted by molar-refractivity contribution is 4.82. The molecule has 1 saturated heterocycles. The third kappa shape index (κ3) is 3.11. The predicted octanol–water partition coefficient (Wildman–Crippen LogP) is 1.80. The summed E-state index contributed by atoms with van der Waals surface area (Å²) in [6.07, 6.45) is 3.97. The summed E-state index contributed by atoms with van der Waals surface area (Å²) in [4.78, 5) is 0. The molecule has 1 heterocycles. The third-order valence-corrected chi connectivity index (χ3v) is 2.41. The van der Waals surface area contributed by atoms with E-state index in [9.17, 15) is 0 Å². The molecule has 0 unspecified atom stereocenters. The van der Waals surface area contributed by atoms with Gasteiger partial charge in [-0.1, -0.05) is 26.7 Å². The van der Waals surface area contributed by atoms with Crippen LogP contribution in [-0.4, -0.2) is 26.3 Å². The minimum atomic E-state index is 0.437. The molecule has 0 aromatic carbocycles. The van der Waals surface area contributed by atoms with Gasteiger partial charge >= 0.3 is 0 Å². The van der Waals surface area contributed by atoms with E-state index >= 15 is 0 Å². The van der Waals surface area contributed by atoms with Crippen LogP contribution in [0.1, 0.15) is 33.1 Å². The van der Waals surface area contributed by atoms with Gasteiger partial charge in [0, 0.05) is 12.0 Å². The summed E-state index contributed by atoms with van der Waals surface area (Å²) in [6, 6.07) is 0. The van der Waals surface area contributed by atoms with Crippen LogP contribution in [0.5, 0.6) is 0 Å². The average Bonchev–Trinajstić information content (AvgIpc) is 2.01. The summed E-state index contributed by atoms with van der Waals surface area (Å²) in [5.74, 6) is 0. The SMILES string of the molecule is CCCCCNCC1(C)COC1. The van der Waals surface area contributed by atoms with Gasteiger partial charge in [-0.15, -0.1) is 0 Å². The molecule has 0 atom stereocenters. The average molecular weight is 171 g/mol. The van der Waals surface area contributed by atoms with Crippen molar-refractivity contribution in [2.24, 2.45) is 5.41 Å². The minimum Gasteiger partial charge on any atom is -0.380 e. The number of nitrogens with one attached hydrogen (secondary N) is 1. The Balaban J connectivity index is 1.88. The van der Waals surface area contributed by atoms with Crippen LogP contribution in [0.15, 0.2) is 0 Å². The summed E-state index contributed by atoms with van der Waals surface area (Å²) in [5, 5.41) is 3.48. The second-order valence-corrected chi connectivity index (χ2v) is 4.19. The molecule has 1 N–H and O–H groups in total. The topological polar surface area (TPSA) is 21.3 Å². The van der Waals surface area contributed by atoms with Crippen molar-refractivity contribution in [3.05, 3.63) is 0 Å². The fourth-order valence-electron chi connectivity index (χ4n) is 1.44. The lowest BCUT2D eigenvalue weighted by Gasteiger charge is -2.38. The van der Waals surface area contributed by atoms with Crippen molar-refractivity contribution in [2.75, 3.05) is 26.3 Å². The predicted molar refractivity (Wildman–Crippen MR) is 51.3 cm³/mol. The van der Waals surface area contributed by atoms with E-state index in [1.54, 1.807) is 0 Å². The molecule has 0 spiro atoms. The Morgan fingerprint density at radius 1 is 1.33 bits per heavy atom. The maximum Gasteiger partial charge on any atom is 0.0554 e. The second kappa shape index (κ2) is 4.83. The Morgan fingerprint density at radius 2 is 2.08 bits per heavy atom. The number of hydrogen-bond acceptors (Lipinski definition) is 2. The van der Waals surface area contributed by atoms with Gasteiger partial charge in [0.2, 0.25) is 0 Å². The van der Waals surface area contributed by atoms with Gasteiger partial charge in [-0.05, 0) is 13.0 Å². The van der Waals surface area contributed by atoms with Gasteiger partial charge in [-0.3, -0.25) is 0 Å². The van der Waals surface area contributed by atoms with Gasteiger partial charge in [-0.25, -0.2) is 0 Å². The molecule has 0 bridgehead atoms. The van der Waals surface area contributed by atoms with E-state index in [1.807, 2.05) is 0 Å². The first-order valence-corrected chi connectivity index (χ1v) is 5.05. The van der Waals surface area contributed by atoms with Gasteiger partial charge in [0.25, 0.3) is 0 Å². The number of rotatable bonds is 6. The van der Waals surface area contributed by atoms with E-state index in [0.29, 0.717) is 5.41 Å². The first-order chi connectivity index (χ1) is 5.77. The van der Waals surface area contributed by atoms with Crippen molar-refractivity contribution >= 4 is 0 Å². The molecular weight excluding hydrogens is 150 g/mol. The second-order valence-electron chi connectivity index (χ2n) is 4.19. The molecule has 1 rings (SSSR count). The largest absolute Gasteiger partial charge is 0.380 e. The van der Waals surface area contributed by atoms with E-state index < -0.39 is 0 Å². The maximum absolute atomic E-state index is 5.18. The molecule has 2 heteroatoms. The molecule has 1 aliphatic heterocycles. The molecule has 0 aromatic rings. The Hall–Kier alpha value is -0.0800. The van der Waals surface area contributed by atoms with Crippen molar-refractivity contribution in [3.63, 3.8) is 0 Å². The zero-order valence-corrected chi connectivity index (χ0v) is 8.36. The van der Waals surface area contributed by atoms with Crippen LogP contribution in [0, 0.1) is 5.41 Å². The van der Waals surface area contributed by atoms with Crippen molar-refractivity contribution in [3.8, 4) is 0 Å². The van der Waals surface area contributed by atoms with Gasteiger partial charge in [-0.2, -0.15) is 0 Å². The Bertz CT molecular complexity index is 121. The van der Waals surface area contributed by atoms with E-state index in [0.717, 1.165) is 19.8 Å². The summed E-state index contributed by atoms with van der Waals surface area (Å²) >= 11 is 0. The summed E-state index contributed by atoms with van der Waals surface area (Å²) in [6.45, 7) is 8.69. The van der Waals surface area contributed by atoms with Crippen LogP contribution >= 0.6 is 0 Å². The summed E-state index contributed by atoms with van der Waals surface area (Å²) in [5.41, 5.74) is 0.437. The zero-order valence-electron chi connectivity index (χ0n) is 8.36. The molecule has 0 amide bonds. The molecule has 1 aliphatic rings. The Kier molecular flexibility index (Phi) is 4.02. The molecule has 0 aromatic heterocycles. The quantitative estimate of drug-likeness (QED) is 0.615. The fraction of sp³-hybridized carbons (Fsp3) is 1.00. The van der Waals surface area contributed by atoms with Crippen LogP contribution in [0.3, 0.4) is 0 Å². The molecule has 2 nitrogen and oxygen atoms in total. The fourth-order valence-corrected chi connectivity index (χ4v) is 1.44. The van der Waals surface area contributed by atoms with Crippen LogP contribution in [0.2, 0.25) is 0 Å². The monoisotopic (exact) mass is 171 g/mol. The molecule has 1 fully saturated rings. The van der Waals surface area contributed by atoms with Crippen molar-refractivity contribution in [1.82, 2.24) is 5.32 Å². The highest BCUT2D eigenvalue weighted by atomic mass is 16.5. The maximum atomic E-state index is 5.18. The Morgan fingerprint density at radius 3 is 2.58 bits per heavy atom. The first kappa shape index (κ1) is 10.0. The van der Waals surface area contributed by atoms with Crippen LogP contribution in [0.4, 0.5) is 0 Å². The molecule has 0 radical (unpaired) electrons. The molecular formula is C10H21NO. The molecule has 0 aliphatic carbocycles. The van der Waals surface area contributed by atoms with Crippen LogP contribution in [0.25, 0.3) is 0 Å². The number of hydrogen-bond donors (Lipinski definition) is 1. The molecule has 12 heavy (non-hydrogen) atoms.